The summed E-state index contributed by atoms with van der Waals surface area (Å²) in [5.74, 6) is -0.100. The van der Waals surface area contributed by atoms with Crippen LogP contribution in [0.2, 0.25) is 0 Å². The van der Waals surface area contributed by atoms with Crippen molar-refractivity contribution in [3.05, 3.63) is 60.2 Å². The molecule has 0 aromatic heterocycles. The van der Waals surface area contributed by atoms with Gasteiger partial charge in [-0.25, -0.2) is 13.1 Å². The highest BCUT2D eigenvalue weighted by molar-refractivity contribution is 7.89. The summed E-state index contributed by atoms with van der Waals surface area (Å²) in [6.07, 6.45) is 2.79. The molecule has 2 aromatic carbocycles. The molecule has 0 saturated carbocycles. The highest BCUT2D eigenvalue weighted by Crippen LogP contribution is 2.15. The highest BCUT2D eigenvalue weighted by Gasteiger charge is 2.10. The van der Waals surface area contributed by atoms with Gasteiger partial charge in [-0.15, -0.1) is 0 Å². The fraction of sp³-hybridized carbons (Fsp3) is 0.200. The van der Waals surface area contributed by atoms with Gasteiger partial charge < -0.3 is 15.4 Å². The predicted octanol–water partition coefficient (Wildman–Crippen LogP) is 1.76. The topological polar surface area (TPSA) is 114 Å². The van der Waals surface area contributed by atoms with Crippen LogP contribution in [0.25, 0.3) is 6.08 Å². The van der Waals surface area contributed by atoms with Gasteiger partial charge in [0.15, 0.2) is 0 Å². The van der Waals surface area contributed by atoms with Gasteiger partial charge in [0.2, 0.25) is 21.8 Å². The van der Waals surface area contributed by atoms with E-state index < -0.39 is 15.9 Å². The molecule has 0 aliphatic heterocycles. The number of carbonyl (C=O) groups is 2. The first-order valence-corrected chi connectivity index (χ1v) is 10.3. The second kappa shape index (κ2) is 10.4. The van der Waals surface area contributed by atoms with Crippen molar-refractivity contribution in [2.24, 2.45) is 0 Å². The van der Waals surface area contributed by atoms with E-state index in [1.807, 2.05) is 6.92 Å². The summed E-state index contributed by atoms with van der Waals surface area (Å²) in [6.45, 7) is 2.26. The molecular formula is C20H23N3O5S. The molecule has 0 bridgehead atoms. The quantitative estimate of drug-likeness (QED) is 0.538. The van der Waals surface area contributed by atoms with Crippen LogP contribution in [0.1, 0.15) is 12.5 Å². The Labute approximate surface area is 170 Å². The SMILES string of the molecule is CCOc1ccc(NC(=O)CNC(=O)/C=C/c2ccc(S(=O)(=O)NC)cc2)cc1. The Kier molecular flexibility index (Phi) is 7.93. The number of benzene rings is 2. The molecule has 8 nitrogen and oxygen atoms in total. The fourth-order valence-electron chi connectivity index (χ4n) is 2.28. The molecule has 0 heterocycles. The van der Waals surface area contributed by atoms with E-state index in [2.05, 4.69) is 15.4 Å². The van der Waals surface area contributed by atoms with E-state index in [0.29, 0.717) is 23.6 Å². The summed E-state index contributed by atoms with van der Waals surface area (Å²) in [6, 6.07) is 12.9. The Morgan fingerprint density at radius 1 is 1.03 bits per heavy atom. The number of hydrogen-bond donors (Lipinski definition) is 3. The molecule has 0 atom stereocenters. The van der Waals surface area contributed by atoms with Crippen molar-refractivity contribution in [2.45, 2.75) is 11.8 Å². The van der Waals surface area contributed by atoms with Crippen molar-refractivity contribution in [3.8, 4) is 5.75 Å². The molecule has 2 amide bonds. The van der Waals surface area contributed by atoms with E-state index >= 15 is 0 Å². The predicted molar refractivity (Wildman–Crippen MR) is 111 cm³/mol. The first kappa shape index (κ1) is 22.1. The van der Waals surface area contributed by atoms with E-state index in [9.17, 15) is 18.0 Å². The van der Waals surface area contributed by atoms with Crippen LogP contribution in [-0.2, 0) is 19.6 Å². The summed E-state index contributed by atoms with van der Waals surface area (Å²) in [5, 5.41) is 5.15. The lowest BCUT2D eigenvalue weighted by atomic mass is 10.2. The zero-order valence-corrected chi connectivity index (χ0v) is 17.0. The number of ether oxygens (including phenoxy) is 1. The maximum atomic E-state index is 11.9. The van der Waals surface area contributed by atoms with Crippen LogP contribution in [0, 0.1) is 0 Å². The molecule has 154 valence electrons. The lowest BCUT2D eigenvalue weighted by Gasteiger charge is -2.07. The van der Waals surface area contributed by atoms with Gasteiger partial charge in [-0.3, -0.25) is 9.59 Å². The number of nitrogens with one attached hydrogen (secondary N) is 3. The second-order valence-electron chi connectivity index (χ2n) is 5.83. The van der Waals surface area contributed by atoms with Gasteiger partial charge >= 0.3 is 0 Å². The van der Waals surface area contributed by atoms with Crippen LogP contribution >= 0.6 is 0 Å². The maximum absolute atomic E-state index is 11.9. The average Bonchev–Trinajstić information content (AvgIpc) is 2.72. The monoisotopic (exact) mass is 417 g/mol. The van der Waals surface area contributed by atoms with E-state index in [4.69, 9.17) is 4.74 Å². The van der Waals surface area contributed by atoms with Crippen molar-refractivity contribution in [1.29, 1.82) is 0 Å². The Morgan fingerprint density at radius 2 is 1.69 bits per heavy atom. The third kappa shape index (κ3) is 7.05. The lowest BCUT2D eigenvalue weighted by molar-refractivity contribution is -0.121. The summed E-state index contributed by atoms with van der Waals surface area (Å²) >= 11 is 0. The molecule has 0 radical (unpaired) electrons. The molecule has 9 heteroatoms. The first-order valence-electron chi connectivity index (χ1n) is 8.86. The van der Waals surface area contributed by atoms with Crippen LogP contribution in [0.15, 0.2) is 59.5 Å². The van der Waals surface area contributed by atoms with Gasteiger partial charge in [-0.05, 0) is 62.0 Å². The lowest BCUT2D eigenvalue weighted by Crippen LogP contribution is -2.31. The molecule has 0 unspecified atom stereocenters. The number of rotatable bonds is 9. The Bertz CT molecular complexity index is 968. The summed E-state index contributed by atoms with van der Waals surface area (Å²) < 4.78 is 30.9. The van der Waals surface area contributed by atoms with Crippen LogP contribution in [0.4, 0.5) is 5.69 Å². The molecule has 0 fully saturated rings. The Morgan fingerprint density at radius 3 is 2.28 bits per heavy atom. The van der Waals surface area contributed by atoms with Crippen molar-refractivity contribution in [1.82, 2.24) is 10.0 Å². The Hall–Kier alpha value is -3.17. The molecule has 0 saturated heterocycles. The summed E-state index contributed by atoms with van der Waals surface area (Å²) in [7, 11) is -2.17. The minimum Gasteiger partial charge on any atom is -0.494 e. The number of hydrogen-bond acceptors (Lipinski definition) is 5. The van der Waals surface area contributed by atoms with Gasteiger partial charge in [0.1, 0.15) is 5.75 Å². The smallest absolute Gasteiger partial charge is 0.244 e. The van der Waals surface area contributed by atoms with Crippen molar-refractivity contribution >= 4 is 33.6 Å². The molecule has 0 aliphatic carbocycles. The van der Waals surface area contributed by atoms with Crippen molar-refractivity contribution in [3.63, 3.8) is 0 Å². The normalized spacial score (nSPS) is 11.2. The van der Waals surface area contributed by atoms with Crippen LogP contribution in [0.3, 0.4) is 0 Å². The number of carbonyl (C=O) groups excluding carboxylic acids is 2. The molecule has 2 aromatic rings. The largest absolute Gasteiger partial charge is 0.494 e. The molecule has 3 N–H and O–H groups in total. The average molecular weight is 417 g/mol. The fourth-order valence-corrected chi connectivity index (χ4v) is 3.01. The maximum Gasteiger partial charge on any atom is 0.244 e. The molecule has 2 rings (SSSR count). The summed E-state index contributed by atoms with van der Waals surface area (Å²) in [5.41, 5.74) is 1.24. The van der Waals surface area contributed by atoms with Gasteiger partial charge in [0.25, 0.3) is 0 Å². The number of anilines is 1. The third-order valence-corrected chi connectivity index (χ3v) is 5.19. The first-order chi connectivity index (χ1) is 13.8. The van der Waals surface area contributed by atoms with Crippen molar-refractivity contribution < 1.29 is 22.7 Å². The van der Waals surface area contributed by atoms with Crippen LogP contribution in [-0.4, -0.2) is 40.4 Å². The molecule has 0 spiro atoms. The van der Waals surface area contributed by atoms with Crippen LogP contribution in [0.5, 0.6) is 5.75 Å². The Balaban J connectivity index is 1.82. The minimum absolute atomic E-state index is 0.132. The zero-order chi connectivity index (χ0) is 21.3. The summed E-state index contributed by atoms with van der Waals surface area (Å²) in [4.78, 5) is 23.9. The second-order valence-corrected chi connectivity index (χ2v) is 7.72. The van der Waals surface area contributed by atoms with E-state index in [0.717, 1.165) is 0 Å². The third-order valence-electron chi connectivity index (χ3n) is 3.76. The molecular weight excluding hydrogens is 394 g/mol. The number of sulfonamides is 1. The molecule has 29 heavy (non-hydrogen) atoms. The molecule has 0 aliphatic rings. The van der Waals surface area contributed by atoms with Crippen LogP contribution < -0.4 is 20.1 Å². The zero-order valence-electron chi connectivity index (χ0n) is 16.1. The highest BCUT2D eigenvalue weighted by atomic mass is 32.2. The van der Waals surface area contributed by atoms with Gasteiger partial charge in [0, 0.05) is 11.8 Å². The van der Waals surface area contributed by atoms with E-state index in [1.54, 1.807) is 36.4 Å². The minimum atomic E-state index is -3.50. The van der Waals surface area contributed by atoms with Crippen molar-refractivity contribution in [2.75, 3.05) is 25.5 Å². The van der Waals surface area contributed by atoms with Gasteiger partial charge in [0.05, 0.1) is 18.0 Å². The van der Waals surface area contributed by atoms with E-state index in [-0.39, 0.29) is 17.3 Å². The standard InChI is InChI=1S/C20H23N3O5S/c1-3-28-17-9-7-16(8-10-17)23-20(25)14-22-19(24)13-6-15-4-11-18(12-5-15)29(26,27)21-2/h4-13,21H,3,14H2,1-2H3,(H,22,24)(H,23,25)/b13-6+. The van der Waals surface area contributed by atoms with E-state index in [1.165, 1.54) is 31.3 Å². The number of amides is 2. The van der Waals surface area contributed by atoms with Gasteiger partial charge in [-0.2, -0.15) is 0 Å². The van der Waals surface area contributed by atoms with Gasteiger partial charge in [-0.1, -0.05) is 12.1 Å².